The Balaban J connectivity index is 1.33. The summed E-state index contributed by atoms with van der Waals surface area (Å²) < 4.78 is 30.8. The number of amides is 1. The van der Waals surface area contributed by atoms with Gasteiger partial charge in [0.25, 0.3) is 0 Å². The SMILES string of the molecule is O=C(NC1COC(COCc2ccccc2)C(OCc2ccccc2)C1OCc1ccccc1)Oc1ccccc1. The fourth-order valence-corrected chi connectivity index (χ4v) is 4.71. The van der Waals surface area contributed by atoms with Crippen molar-refractivity contribution in [3.8, 4) is 5.75 Å². The molecule has 1 fully saturated rings. The van der Waals surface area contributed by atoms with Crippen LogP contribution in [0.25, 0.3) is 0 Å². The maximum Gasteiger partial charge on any atom is 0.412 e. The average Bonchev–Trinajstić information content (AvgIpc) is 3.02. The number of ether oxygens (including phenoxy) is 5. The molecule has 4 aromatic carbocycles. The Bertz CT molecular complexity index is 1310. The molecule has 1 aliphatic rings. The first-order valence-corrected chi connectivity index (χ1v) is 13.8. The second kappa shape index (κ2) is 15.1. The highest BCUT2D eigenvalue weighted by molar-refractivity contribution is 5.70. The standard InChI is InChI=1S/C34H35NO6/c36-34(41-29-19-11-4-12-20-29)35-30-24-38-31(25-37-21-26-13-5-1-6-14-26)33(40-23-28-17-9-3-10-18-28)32(30)39-22-27-15-7-2-8-16-27/h1-20,30-33H,21-25H2,(H,35,36). The molecule has 1 N–H and O–H groups in total. The van der Waals surface area contributed by atoms with Gasteiger partial charge >= 0.3 is 6.09 Å². The van der Waals surface area contributed by atoms with E-state index in [9.17, 15) is 4.79 Å². The minimum atomic E-state index is -0.585. The predicted molar refractivity (Wildman–Crippen MR) is 155 cm³/mol. The van der Waals surface area contributed by atoms with Gasteiger partial charge in [-0.2, -0.15) is 0 Å². The minimum Gasteiger partial charge on any atom is -0.410 e. The lowest BCUT2D eigenvalue weighted by Crippen LogP contribution is -2.62. The number of rotatable bonds is 12. The molecule has 4 unspecified atom stereocenters. The topological polar surface area (TPSA) is 75.3 Å². The van der Waals surface area contributed by atoms with Crippen LogP contribution in [0.1, 0.15) is 16.7 Å². The van der Waals surface area contributed by atoms with Gasteiger partial charge in [-0.05, 0) is 28.8 Å². The van der Waals surface area contributed by atoms with Crippen LogP contribution in [0.2, 0.25) is 0 Å². The third-order valence-corrected chi connectivity index (χ3v) is 6.80. The Kier molecular flexibility index (Phi) is 10.5. The van der Waals surface area contributed by atoms with Crippen molar-refractivity contribution in [1.82, 2.24) is 5.32 Å². The van der Waals surface area contributed by atoms with E-state index < -0.39 is 30.4 Å². The molecule has 0 spiro atoms. The van der Waals surface area contributed by atoms with Crippen LogP contribution in [0.3, 0.4) is 0 Å². The summed E-state index contributed by atoms with van der Waals surface area (Å²) in [5.41, 5.74) is 3.12. The second-order valence-corrected chi connectivity index (χ2v) is 9.85. The van der Waals surface area contributed by atoms with Gasteiger partial charge in [-0.15, -0.1) is 0 Å². The molecular weight excluding hydrogens is 518 g/mol. The largest absolute Gasteiger partial charge is 0.412 e. The number of carbonyl (C=O) groups excluding carboxylic acids is 1. The van der Waals surface area contributed by atoms with Gasteiger partial charge < -0.3 is 29.0 Å². The van der Waals surface area contributed by atoms with Crippen LogP contribution in [0, 0.1) is 0 Å². The van der Waals surface area contributed by atoms with Gasteiger partial charge in [-0.25, -0.2) is 4.79 Å². The van der Waals surface area contributed by atoms with Crippen LogP contribution in [-0.4, -0.2) is 43.7 Å². The van der Waals surface area contributed by atoms with E-state index in [0.717, 1.165) is 16.7 Å². The van der Waals surface area contributed by atoms with Crippen molar-refractivity contribution in [2.24, 2.45) is 0 Å². The molecule has 0 bridgehead atoms. The zero-order valence-electron chi connectivity index (χ0n) is 22.8. The molecule has 4 aromatic rings. The first-order valence-electron chi connectivity index (χ1n) is 13.8. The number of para-hydroxylation sites is 1. The molecule has 7 heteroatoms. The lowest BCUT2D eigenvalue weighted by molar-refractivity contribution is -0.207. The van der Waals surface area contributed by atoms with Crippen molar-refractivity contribution in [2.75, 3.05) is 13.2 Å². The Morgan fingerprint density at radius 1 is 0.659 bits per heavy atom. The van der Waals surface area contributed by atoms with E-state index in [-0.39, 0.29) is 6.61 Å². The van der Waals surface area contributed by atoms with Gasteiger partial charge in [0.05, 0.1) is 39.1 Å². The van der Waals surface area contributed by atoms with Crippen LogP contribution < -0.4 is 10.1 Å². The van der Waals surface area contributed by atoms with Gasteiger partial charge in [0.2, 0.25) is 0 Å². The highest BCUT2D eigenvalue weighted by Crippen LogP contribution is 2.25. The van der Waals surface area contributed by atoms with E-state index in [1.54, 1.807) is 12.1 Å². The molecule has 1 amide bonds. The van der Waals surface area contributed by atoms with Crippen molar-refractivity contribution < 1.29 is 28.5 Å². The Morgan fingerprint density at radius 3 is 1.71 bits per heavy atom. The summed E-state index contributed by atoms with van der Waals surface area (Å²) >= 11 is 0. The zero-order chi connectivity index (χ0) is 28.1. The van der Waals surface area contributed by atoms with Crippen LogP contribution >= 0.6 is 0 Å². The first kappa shape index (κ1) is 28.5. The van der Waals surface area contributed by atoms with Gasteiger partial charge in [0.1, 0.15) is 24.1 Å². The first-order chi connectivity index (χ1) is 20.2. The lowest BCUT2D eigenvalue weighted by atomic mass is 9.97. The summed E-state index contributed by atoms with van der Waals surface area (Å²) in [5.74, 6) is 0.451. The molecule has 41 heavy (non-hydrogen) atoms. The van der Waals surface area contributed by atoms with Gasteiger partial charge in [-0.1, -0.05) is 109 Å². The molecule has 7 nitrogen and oxygen atoms in total. The van der Waals surface area contributed by atoms with Crippen molar-refractivity contribution in [1.29, 1.82) is 0 Å². The Morgan fingerprint density at radius 2 is 1.15 bits per heavy atom. The monoisotopic (exact) mass is 553 g/mol. The molecular formula is C34H35NO6. The lowest BCUT2D eigenvalue weighted by Gasteiger charge is -2.42. The maximum atomic E-state index is 12.9. The normalized spacial score (nSPS) is 20.3. The fourth-order valence-electron chi connectivity index (χ4n) is 4.71. The third kappa shape index (κ3) is 8.74. The molecule has 212 valence electrons. The quantitative estimate of drug-likeness (QED) is 0.234. The summed E-state index contributed by atoms with van der Waals surface area (Å²) in [7, 11) is 0. The summed E-state index contributed by atoms with van der Waals surface area (Å²) in [6, 6.07) is 38.3. The third-order valence-electron chi connectivity index (χ3n) is 6.80. The molecule has 5 rings (SSSR count). The average molecular weight is 554 g/mol. The molecule has 1 saturated heterocycles. The highest BCUT2D eigenvalue weighted by atomic mass is 16.6. The van der Waals surface area contributed by atoms with Crippen molar-refractivity contribution in [3.05, 3.63) is 138 Å². The smallest absolute Gasteiger partial charge is 0.410 e. The molecule has 1 heterocycles. The minimum absolute atomic E-state index is 0.216. The van der Waals surface area contributed by atoms with Gasteiger partial charge in [-0.3, -0.25) is 0 Å². The number of carbonyl (C=O) groups is 1. The Hall–Kier alpha value is -4.01. The van der Waals surface area contributed by atoms with Gasteiger partial charge in [0, 0.05) is 0 Å². The van der Waals surface area contributed by atoms with E-state index >= 15 is 0 Å². The van der Waals surface area contributed by atoms with E-state index in [1.165, 1.54) is 0 Å². The maximum absolute atomic E-state index is 12.9. The number of hydrogen-bond acceptors (Lipinski definition) is 6. The summed E-state index contributed by atoms with van der Waals surface area (Å²) in [5, 5.41) is 2.95. The summed E-state index contributed by atoms with van der Waals surface area (Å²) in [4.78, 5) is 12.9. The van der Waals surface area contributed by atoms with E-state index in [1.807, 2.05) is 109 Å². The van der Waals surface area contributed by atoms with Crippen LogP contribution in [-0.2, 0) is 38.8 Å². The molecule has 0 aliphatic carbocycles. The molecule has 0 saturated carbocycles. The Labute approximate surface area is 241 Å². The van der Waals surface area contributed by atoms with Crippen LogP contribution in [0.4, 0.5) is 4.79 Å². The van der Waals surface area contributed by atoms with E-state index in [4.69, 9.17) is 23.7 Å². The number of hydrogen-bond donors (Lipinski definition) is 1. The van der Waals surface area contributed by atoms with Crippen molar-refractivity contribution in [3.63, 3.8) is 0 Å². The molecule has 1 aliphatic heterocycles. The fraction of sp³-hybridized carbons (Fsp3) is 0.265. The van der Waals surface area contributed by atoms with E-state index in [0.29, 0.717) is 32.2 Å². The molecule has 0 radical (unpaired) electrons. The summed E-state index contributed by atoms with van der Waals surface area (Å²) in [6.07, 6.45) is -2.04. The van der Waals surface area contributed by atoms with Crippen LogP contribution in [0.5, 0.6) is 5.75 Å². The number of benzene rings is 4. The molecule has 4 atom stereocenters. The highest BCUT2D eigenvalue weighted by Gasteiger charge is 2.43. The molecule has 0 aromatic heterocycles. The predicted octanol–water partition coefficient (Wildman–Crippen LogP) is 5.93. The second-order valence-electron chi connectivity index (χ2n) is 9.85. The van der Waals surface area contributed by atoms with Gasteiger partial charge in [0.15, 0.2) is 0 Å². The number of nitrogens with one attached hydrogen (secondary N) is 1. The van der Waals surface area contributed by atoms with E-state index in [2.05, 4.69) is 5.32 Å². The van der Waals surface area contributed by atoms with Crippen molar-refractivity contribution >= 4 is 6.09 Å². The van der Waals surface area contributed by atoms with Crippen molar-refractivity contribution in [2.45, 2.75) is 44.2 Å². The van der Waals surface area contributed by atoms with Crippen LogP contribution in [0.15, 0.2) is 121 Å². The summed E-state index contributed by atoms with van der Waals surface area (Å²) in [6.45, 7) is 1.68. The zero-order valence-corrected chi connectivity index (χ0v) is 22.8.